The summed E-state index contributed by atoms with van der Waals surface area (Å²) in [5.41, 5.74) is 3.55. The molecule has 0 aliphatic heterocycles. The van der Waals surface area contributed by atoms with Gasteiger partial charge in [0.1, 0.15) is 6.54 Å². The van der Waals surface area contributed by atoms with Crippen LogP contribution in [0.5, 0.6) is 0 Å². The number of hydrogen-bond donors (Lipinski definition) is 1. The van der Waals surface area contributed by atoms with Gasteiger partial charge >= 0.3 is 0 Å². The minimum Gasteiger partial charge on any atom is -0.338 e. The van der Waals surface area contributed by atoms with Crippen LogP contribution in [0.3, 0.4) is 0 Å². The lowest BCUT2D eigenvalue weighted by Crippen LogP contribution is -2.94. The van der Waals surface area contributed by atoms with Gasteiger partial charge < -0.3 is 5.32 Å². The number of aryl methyl sites for hydroxylation is 1. The molecule has 1 heteroatoms. The molecular formula is C17H30N+. The molecule has 0 aliphatic carbocycles. The Balaban J connectivity index is 2.53. The molecule has 2 N–H and O–H groups in total. The standard InChI is InChI=1S/C17H29N/c1-7-14-8-10-15(11-9-14)12-18-17(5,6)13-16(2,3)4/h8-11,18H,7,12-13H2,1-6H3/p+1. The van der Waals surface area contributed by atoms with E-state index in [2.05, 4.69) is 71.1 Å². The molecule has 0 aromatic heterocycles. The van der Waals surface area contributed by atoms with Crippen molar-refractivity contribution in [2.45, 2.75) is 66.5 Å². The second kappa shape index (κ2) is 5.88. The Morgan fingerprint density at radius 1 is 0.889 bits per heavy atom. The predicted octanol–water partition coefficient (Wildman–Crippen LogP) is 3.53. The first-order valence-corrected chi connectivity index (χ1v) is 7.14. The molecule has 0 spiro atoms. The summed E-state index contributed by atoms with van der Waals surface area (Å²) in [7, 11) is 0. The highest BCUT2D eigenvalue weighted by atomic mass is 14.9. The molecule has 1 rings (SSSR count). The highest BCUT2D eigenvalue weighted by Gasteiger charge is 2.27. The van der Waals surface area contributed by atoms with E-state index in [1.807, 2.05) is 0 Å². The van der Waals surface area contributed by atoms with Crippen LogP contribution in [-0.2, 0) is 13.0 Å². The molecule has 102 valence electrons. The zero-order valence-corrected chi connectivity index (χ0v) is 13.0. The summed E-state index contributed by atoms with van der Waals surface area (Å²) >= 11 is 0. The zero-order valence-electron chi connectivity index (χ0n) is 13.0. The monoisotopic (exact) mass is 248 g/mol. The van der Waals surface area contributed by atoms with Crippen LogP contribution >= 0.6 is 0 Å². The Kier molecular flexibility index (Phi) is 4.98. The summed E-state index contributed by atoms with van der Waals surface area (Å²) in [5.74, 6) is 0. The Hall–Kier alpha value is -0.820. The fraction of sp³-hybridized carbons (Fsp3) is 0.647. The lowest BCUT2D eigenvalue weighted by atomic mass is 9.82. The molecule has 0 aliphatic rings. The number of quaternary nitrogens is 1. The van der Waals surface area contributed by atoms with Gasteiger partial charge in [0.25, 0.3) is 0 Å². The van der Waals surface area contributed by atoms with Crippen LogP contribution in [0.4, 0.5) is 0 Å². The number of benzene rings is 1. The molecule has 0 bridgehead atoms. The number of rotatable bonds is 5. The SMILES string of the molecule is CCc1ccc(C[NH2+]C(C)(C)CC(C)(C)C)cc1. The molecule has 0 amide bonds. The molecule has 1 aromatic carbocycles. The first-order chi connectivity index (χ1) is 8.22. The number of hydrogen-bond acceptors (Lipinski definition) is 0. The van der Waals surface area contributed by atoms with Crippen LogP contribution in [0.2, 0.25) is 0 Å². The first-order valence-electron chi connectivity index (χ1n) is 7.14. The second-order valence-corrected chi connectivity index (χ2v) is 7.30. The van der Waals surface area contributed by atoms with E-state index in [9.17, 15) is 0 Å². The van der Waals surface area contributed by atoms with Gasteiger partial charge in [-0.2, -0.15) is 0 Å². The van der Waals surface area contributed by atoms with E-state index in [0.717, 1.165) is 13.0 Å². The molecule has 0 unspecified atom stereocenters. The maximum Gasteiger partial charge on any atom is 0.102 e. The quantitative estimate of drug-likeness (QED) is 0.821. The fourth-order valence-corrected chi connectivity index (χ4v) is 2.74. The predicted molar refractivity (Wildman–Crippen MR) is 79.6 cm³/mol. The van der Waals surface area contributed by atoms with Gasteiger partial charge in [0.2, 0.25) is 0 Å². The van der Waals surface area contributed by atoms with Crippen LogP contribution in [0.1, 0.15) is 59.1 Å². The average molecular weight is 248 g/mol. The lowest BCUT2D eigenvalue weighted by molar-refractivity contribution is -0.737. The van der Waals surface area contributed by atoms with Crippen LogP contribution in [0.15, 0.2) is 24.3 Å². The van der Waals surface area contributed by atoms with Crippen molar-refractivity contribution in [3.05, 3.63) is 35.4 Å². The van der Waals surface area contributed by atoms with Gasteiger partial charge in [-0.05, 0) is 31.2 Å². The molecular weight excluding hydrogens is 218 g/mol. The Morgan fingerprint density at radius 3 is 1.83 bits per heavy atom. The van der Waals surface area contributed by atoms with Crippen molar-refractivity contribution < 1.29 is 5.32 Å². The van der Waals surface area contributed by atoms with Gasteiger partial charge in [-0.1, -0.05) is 52.0 Å². The topological polar surface area (TPSA) is 16.6 Å². The summed E-state index contributed by atoms with van der Waals surface area (Å²) < 4.78 is 0. The summed E-state index contributed by atoms with van der Waals surface area (Å²) in [6, 6.07) is 9.03. The van der Waals surface area contributed by atoms with Crippen LogP contribution in [0, 0.1) is 5.41 Å². The van der Waals surface area contributed by atoms with E-state index in [1.165, 1.54) is 17.5 Å². The smallest absolute Gasteiger partial charge is 0.102 e. The summed E-state index contributed by atoms with van der Waals surface area (Å²) in [6.07, 6.45) is 2.35. The van der Waals surface area contributed by atoms with Gasteiger partial charge in [-0.25, -0.2) is 0 Å². The summed E-state index contributed by atoms with van der Waals surface area (Å²) in [6.45, 7) is 14.9. The van der Waals surface area contributed by atoms with E-state index in [-0.39, 0.29) is 0 Å². The van der Waals surface area contributed by atoms with Crippen molar-refractivity contribution in [1.29, 1.82) is 0 Å². The minimum absolute atomic E-state index is 0.307. The van der Waals surface area contributed by atoms with Gasteiger partial charge in [-0.3, -0.25) is 0 Å². The maximum atomic E-state index is 2.47. The molecule has 0 saturated carbocycles. The Morgan fingerprint density at radius 2 is 1.39 bits per heavy atom. The van der Waals surface area contributed by atoms with E-state index in [1.54, 1.807) is 0 Å². The molecule has 1 aromatic rings. The normalized spacial score (nSPS) is 12.8. The van der Waals surface area contributed by atoms with Gasteiger partial charge in [0.15, 0.2) is 0 Å². The molecule has 1 nitrogen and oxygen atoms in total. The van der Waals surface area contributed by atoms with Crippen molar-refractivity contribution in [3.8, 4) is 0 Å². The minimum atomic E-state index is 0.307. The van der Waals surface area contributed by atoms with Crippen molar-refractivity contribution in [2.75, 3.05) is 0 Å². The van der Waals surface area contributed by atoms with Gasteiger partial charge in [0, 0.05) is 12.0 Å². The molecule has 18 heavy (non-hydrogen) atoms. The summed E-state index contributed by atoms with van der Waals surface area (Å²) in [4.78, 5) is 0. The molecule has 0 radical (unpaired) electrons. The molecule has 0 atom stereocenters. The molecule has 0 saturated heterocycles. The first kappa shape index (κ1) is 15.2. The second-order valence-electron chi connectivity index (χ2n) is 7.30. The van der Waals surface area contributed by atoms with Crippen molar-refractivity contribution in [3.63, 3.8) is 0 Å². The van der Waals surface area contributed by atoms with E-state index < -0.39 is 0 Å². The van der Waals surface area contributed by atoms with Crippen molar-refractivity contribution >= 4 is 0 Å². The van der Waals surface area contributed by atoms with E-state index in [0.29, 0.717) is 11.0 Å². The average Bonchev–Trinajstić information content (AvgIpc) is 2.24. The zero-order chi connectivity index (χ0) is 13.8. The highest BCUT2D eigenvalue weighted by Crippen LogP contribution is 2.24. The van der Waals surface area contributed by atoms with E-state index >= 15 is 0 Å². The molecule has 0 heterocycles. The van der Waals surface area contributed by atoms with Crippen LogP contribution in [0.25, 0.3) is 0 Å². The highest BCUT2D eigenvalue weighted by molar-refractivity contribution is 5.21. The number of nitrogens with two attached hydrogens (primary N) is 1. The Labute approximate surface area is 113 Å². The third kappa shape index (κ3) is 5.68. The van der Waals surface area contributed by atoms with Crippen LogP contribution in [-0.4, -0.2) is 5.54 Å². The van der Waals surface area contributed by atoms with Crippen molar-refractivity contribution in [1.82, 2.24) is 0 Å². The van der Waals surface area contributed by atoms with E-state index in [4.69, 9.17) is 0 Å². The Bertz CT molecular complexity index is 354. The largest absolute Gasteiger partial charge is 0.338 e. The third-order valence-corrected chi connectivity index (χ3v) is 3.31. The maximum absolute atomic E-state index is 2.47. The van der Waals surface area contributed by atoms with Crippen molar-refractivity contribution in [2.24, 2.45) is 5.41 Å². The fourth-order valence-electron chi connectivity index (χ4n) is 2.74. The molecule has 0 fully saturated rings. The van der Waals surface area contributed by atoms with Crippen LogP contribution < -0.4 is 5.32 Å². The van der Waals surface area contributed by atoms with Gasteiger partial charge in [0.05, 0.1) is 5.54 Å². The summed E-state index contributed by atoms with van der Waals surface area (Å²) in [5, 5.41) is 2.47. The van der Waals surface area contributed by atoms with Gasteiger partial charge in [-0.15, -0.1) is 0 Å². The third-order valence-electron chi connectivity index (χ3n) is 3.31. The lowest BCUT2D eigenvalue weighted by Gasteiger charge is -2.30.